The van der Waals surface area contributed by atoms with Crippen LogP contribution in [0.25, 0.3) is 0 Å². The Morgan fingerprint density at radius 1 is 1.11 bits per heavy atom. The normalized spacial score (nSPS) is 11.4. The monoisotopic (exact) mass is 273 g/mol. The molecule has 0 atom stereocenters. The number of unbranched alkanes of at least 4 members (excludes halogenated alkanes) is 2. The van der Waals surface area contributed by atoms with Gasteiger partial charge in [-0.1, -0.05) is 18.6 Å². The fraction of sp³-hybridized carbons (Fsp3) is 0.455. The molecule has 1 aromatic carbocycles. The number of non-ortho nitro benzene ring substituents is 1. The van der Waals surface area contributed by atoms with Crippen LogP contribution in [-0.2, 0) is 16.5 Å². The van der Waals surface area contributed by atoms with Crippen molar-refractivity contribution in [3.05, 3.63) is 39.9 Å². The fourth-order valence-corrected chi connectivity index (χ4v) is 2.14. The Hall–Kier alpha value is -1.47. The summed E-state index contributed by atoms with van der Waals surface area (Å²) in [7, 11) is -3.86. The highest BCUT2D eigenvalue weighted by Gasteiger charge is 2.05. The predicted molar refractivity (Wildman–Crippen MR) is 67.1 cm³/mol. The van der Waals surface area contributed by atoms with Gasteiger partial charge in [0.25, 0.3) is 15.8 Å². The second-order valence-electron chi connectivity index (χ2n) is 4.02. The van der Waals surface area contributed by atoms with E-state index < -0.39 is 15.0 Å². The zero-order valence-corrected chi connectivity index (χ0v) is 10.6. The molecule has 1 rings (SSSR count). The van der Waals surface area contributed by atoms with Crippen molar-refractivity contribution in [1.82, 2.24) is 0 Å². The zero-order chi connectivity index (χ0) is 13.6. The van der Waals surface area contributed by atoms with Crippen molar-refractivity contribution in [3.8, 4) is 0 Å². The Morgan fingerprint density at radius 2 is 1.72 bits per heavy atom. The molecule has 0 saturated heterocycles. The molecular weight excluding hydrogens is 258 g/mol. The maximum Gasteiger partial charge on any atom is 0.269 e. The minimum Gasteiger partial charge on any atom is -0.286 e. The molecule has 0 heterocycles. The first-order chi connectivity index (χ1) is 8.38. The lowest BCUT2D eigenvalue weighted by Crippen LogP contribution is -2.03. The maximum absolute atomic E-state index is 10.5. The topological polar surface area (TPSA) is 97.5 Å². The quantitative estimate of drug-likeness (QED) is 0.355. The van der Waals surface area contributed by atoms with Gasteiger partial charge in [-0.2, -0.15) is 8.42 Å². The molecule has 0 fully saturated rings. The van der Waals surface area contributed by atoms with Crippen LogP contribution in [0.3, 0.4) is 0 Å². The Labute approximate surface area is 106 Å². The summed E-state index contributed by atoms with van der Waals surface area (Å²) in [5, 5.41) is 10.4. The Morgan fingerprint density at radius 3 is 2.22 bits per heavy atom. The van der Waals surface area contributed by atoms with Gasteiger partial charge in [0, 0.05) is 12.1 Å². The number of benzene rings is 1. The molecule has 0 amide bonds. The first kappa shape index (κ1) is 14.6. The lowest BCUT2D eigenvalue weighted by Gasteiger charge is -2.01. The van der Waals surface area contributed by atoms with E-state index in [0.717, 1.165) is 18.4 Å². The third kappa shape index (κ3) is 5.74. The predicted octanol–water partition coefficient (Wildman–Crippen LogP) is 2.20. The molecule has 100 valence electrons. The molecule has 1 N–H and O–H groups in total. The largest absolute Gasteiger partial charge is 0.286 e. The summed E-state index contributed by atoms with van der Waals surface area (Å²) >= 11 is 0. The van der Waals surface area contributed by atoms with Gasteiger partial charge >= 0.3 is 0 Å². The highest BCUT2D eigenvalue weighted by atomic mass is 32.2. The minimum atomic E-state index is -3.86. The van der Waals surface area contributed by atoms with Crippen molar-refractivity contribution >= 4 is 15.8 Å². The van der Waals surface area contributed by atoms with E-state index in [1.165, 1.54) is 12.1 Å². The first-order valence-corrected chi connectivity index (χ1v) is 7.18. The van der Waals surface area contributed by atoms with E-state index in [-0.39, 0.29) is 11.4 Å². The van der Waals surface area contributed by atoms with Crippen molar-refractivity contribution in [2.24, 2.45) is 0 Å². The molecule has 0 aromatic heterocycles. The number of nitrogens with zero attached hydrogens (tertiary/aromatic N) is 1. The van der Waals surface area contributed by atoms with Crippen LogP contribution in [0.1, 0.15) is 24.8 Å². The molecule has 0 unspecified atom stereocenters. The van der Waals surface area contributed by atoms with Crippen LogP contribution in [0.5, 0.6) is 0 Å². The van der Waals surface area contributed by atoms with Crippen molar-refractivity contribution in [2.45, 2.75) is 25.7 Å². The van der Waals surface area contributed by atoms with Gasteiger partial charge in [0.1, 0.15) is 0 Å². The van der Waals surface area contributed by atoms with Crippen molar-refractivity contribution < 1.29 is 17.9 Å². The summed E-state index contributed by atoms with van der Waals surface area (Å²) in [5.41, 5.74) is 1.04. The summed E-state index contributed by atoms with van der Waals surface area (Å²) in [4.78, 5) is 9.98. The van der Waals surface area contributed by atoms with E-state index in [1.54, 1.807) is 12.1 Å². The van der Waals surface area contributed by atoms with Crippen molar-refractivity contribution in [2.75, 3.05) is 5.75 Å². The second-order valence-corrected chi connectivity index (χ2v) is 5.59. The summed E-state index contributed by atoms with van der Waals surface area (Å²) in [6, 6.07) is 6.29. The summed E-state index contributed by atoms with van der Waals surface area (Å²) < 4.78 is 29.4. The number of nitro groups is 1. The summed E-state index contributed by atoms with van der Waals surface area (Å²) in [5.74, 6) is -0.215. The second kappa shape index (κ2) is 6.46. The molecule has 1 aromatic rings. The van der Waals surface area contributed by atoms with Gasteiger partial charge in [0.2, 0.25) is 0 Å². The average Bonchev–Trinajstić information content (AvgIpc) is 2.27. The Balaban J connectivity index is 2.29. The van der Waals surface area contributed by atoms with Crippen molar-refractivity contribution in [1.29, 1.82) is 0 Å². The third-order valence-electron chi connectivity index (χ3n) is 2.51. The van der Waals surface area contributed by atoms with E-state index in [4.69, 9.17) is 4.55 Å². The Kier molecular flexibility index (Phi) is 5.24. The van der Waals surface area contributed by atoms with Crippen LogP contribution in [0.4, 0.5) is 5.69 Å². The van der Waals surface area contributed by atoms with Crippen molar-refractivity contribution in [3.63, 3.8) is 0 Å². The fourth-order valence-electron chi connectivity index (χ4n) is 1.57. The van der Waals surface area contributed by atoms with E-state index in [1.807, 2.05) is 0 Å². The lowest BCUT2D eigenvalue weighted by atomic mass is 10.1. The van der Waals surface area contributed by atoms with Gasteiger partial charge in [-0.05, 0) is 24.8 Å². The number of hydrogen-bond donors (Lipinski definition) is 1. The SMILES string of the molecule is O=[N+]([O-])c1ccc(CCCCCS(=O)(=O)O)cc1. The zero-order valence-electron chi connectivity index (χ0n) is 9.78. The maximum atomic E-state index is 10.5. The first-order valence-electron chi connectivity index (χ1n) is 5.57. The number of aryl methyl sites for hydroxylation is 1. The summed E-state index contributed by atoms with van der Waals surface area (Å²) in [6.45, 7) is 0. The molecule has 6 nitrogen and oxygen atoms in total. The molecular formula is C11H15NO5S. The van der Waals surface area contributed by atoms with E-state index >= 15 is 0 Å². The average molecular weight is 273 g/mol. The van der Waals surface area contributed by atoms with E-state index in [9.17, 15) is 18.5 Å². The molecule has 0 spiro atoms. The highest BCUT2D eigenvalue weighted by Crippen LogP contribution is 2.14. The third-order valence-corrected chi connectivity index (χ3v) is 3.32. The summed E-state index contributed by atoms with van der Waals surface area (Å²) in [6.07, 6.45) is 2.64. The van der Waals surface area contributed by atoms with Crippen LogP contribution in [0.2, 0.25) is 0 Å². The van der Waals surface area contributed by atoms with Gasteiger partial charge < -0.3 is 0 Å². The molecule has 0 aliphatic heterocycles. The minimum absolute atomic E-state index is 0.0603. The smallest absolute Gasteiger partial charge is 0.269 e. The van der Waals surface area contributed by atoms with E-state index in [0.29, 0.717) is 12.8 Å². The number of rotatable bonds is 7. The molecule has 7 heteroatoms. The van der Waals surface area contributed by atoms with Gasteiger partial charge in [-0.25, -0.2) is 0 Å². The number of nitro benzene ring substituents is 1. The standard InChI is InChI=1S/C11H15NO5S/c13-12(14)11-7-5-10(6-8-11)4-2-1-3-9-18(15,16)17/h5-8H,1-4,9H2,(H,15,16,17). The van der Waals surface area contributed by atoms with Crippen LogP contribution in [0.15, 0.2) is 24.3 Å². The molecule has 0 bridgehead atoms. The van der Waals surface area contributed by atoms with E-state index in [2.05, 4.69) is 0 Å². The van der Waals surface area contributed by atoms with Gasteiger partial charge in [-0.3, -0.25) is 14.7 Å². The van der Waals surface area contributed by atoms with Crippen LogP contribution < -0.4 is 0 Å². The highest BCUT2D eigenvalue weighted by molar-refractivity contribution is 7.85. The van der Waals surface area contributed by atoms with Gasteiger partial charge in [0.15, 0.2) is 0 Å². The van der Waals surface area contributed by atoms with Crippen LogP contribution in [0, 0.1) is 10.1 Å². The lowest BCUT2D eigenvalue weighted by molar-refractivity contribution is -0.384. The number of hydrogen-bond acceptors (Lipinski definition) is 4. The Bertz CT molecular complexity index is 495. The molecule has 0 radical (unpaired) electrons. The van der Waals surface area contributed by atoms with Crippen LogP contribution in [-0.4, -0.2) is 23.6 Å². The molecule has 0 aliphatic carbocycles. The van der Waals surface area contributed by atoms with Crippen LogP contribution >= 0.6 is 0 Å². The molecule has 0 saturated carbocycles. The van der Waals surface area contributed by atoms with Gasteiger partial charge in [0.05, 0.1) is 10.7 Å². The van der Waals surface area contributed by atoms with Gasteiger partial charge in [-0.15, -0.1) is 0 Å². The molecule has 0 aliphatic rings. The molecule has 18 heavy (non-hydrogen) atoms.